The van der Waals surface area contributed by atoms with Crippen LogP contribution in [0.1, 0.15) is 26.0 Å². The molecule has 1 unspecified atom stereocenters. The summed E-state index contributed by atoms with van der Waals surface area (Å²) in [6, 6.07) is 7.77. The van der Waals surface area contributed by atoms with Crippen molar-refractivity contribution in [2.75, 3.05) is 6.54 Å². The Kier molecular flexibility index (Phi) is 4.95. The first-order chi connectivity index (χ1) is 9.61. The summed E-state index contributed by atoms with van der Waals surface area (Å²) in [4.78, 5) is 21.0. The minimum absolute atomic E-state index is 0.0474. The molecule has 0 fully saturated rings. The van der Waals surface area contributed by atoms with Crippen molar-refractivity contribution in [1.82, 2.24) is 15.3 Å². The molecular weight excluding hydrogens is 270 g/mol. The highest BCUT2D eigenvalue weighted by Crippen LogP contribution is 2.25. The fourth-order valence-corrected chi connectivity index (χ4v) is 2.69. The second-order valence-corrected chi connectivity index (χ2v) is 5.98. The summed E-state index contributed by atoms with van der Waals surface area (Å²) in [6.07, 6.45) is 0.942. The van der Waals surface area contributed by atoms with Crippen LogP contribution in [0.3, 0.4) is 0 Å². The van der Waals surface area contributed by atoms with Gasteiger partial charge in [-0.1, -0.05) is 30.8 Å². The number of hydrogen-bond acceptors (Lipinski definition) is 4. The van der Waals surface area contributed by atoms with E-state index in [0.29, 0.717) is 6.54 Å². The third kappa shape index (κ3) is 3.48. The molecule has 0 aliphatic rings. The fourth-order valence-electron chi connectivity index (χ4n) is 1.80. The Hall–Kier alpha value is -1.62. The van der Waals surface area contributed by atoms with Crippen LogP contribution in [0.2, 0.25) is 0 Å². The van der Waals surface area contributed by atoms with Gasteiger partial charge in [-0.25, -0.2) is 9.97 Å². The van der Waals surface area contributed by atoms with Crippen LogP contribution in [0.4, 0.5) is 0 Å². The molecule has 0 aliphatic heterocycles. The second-order valence-electron chi connectivity index (χ2n) is 4.65. The molecular formula is C15H19N3OS. The van der Waals surface area contributed by atoms with E-state index in [1.54, 1.807) is 0 Å². The van der Waals surface area contributed by atoms with Crippen LogP contribution >= 0.6 is 11.8 Å². The summed E-state index contributed by atoms with van der Waals surface area (Å²) >= 11 is 1.46. The molecule has 1 atom stereocenters. The number of benzene rings is 1. The van der Waals surface area contributed by atoms with Crippen LogP contribution in [-0.4, -0.2) is 27.7 Å². The van der Waals surface area contributed by atoms with Crippen molar-refractivity contribution in [2.24, 2.45) is 0 Å². The molecule has 2 rings (SSSR count). The molecule has 1 aromatic carbocycles. The monoisotopic (exact) mass is 289 g/mol. The van der Waals surface area contributed by atoms with Gasteiger partial charge in [-0.15, -0.1) is 0 Å². The van der Waals surface area contributed by atoms with Crippen molar-refractivity contribution in [3.05, 3.63) is 30.0 Å². The van der Waals surface area contributed by atoms with Crippen LogP contribution in [-0.2, 0) is 4.79 Å². The molecule has 0 spiro atoms. The third-order valence-electron chi connectivity index (χ3n) is 2.91. The lowest BCUT2D eigenvalue weighted by atomic mass is 10.3. The van der Waals surface area contributed by atoms with Crippen LogP contribution < -0.4 is 5.32 Å². The number of rotatable bonds is 5. The molecule has 0 aliphatic carbocycles. The zero-order chi connectivity index (χ0) is 14.5. The predicted octanol–water partition coefficient (Wildman–Crippen LogP) is 2.95. The molecule has 2 aromatic rings. The lowest BCUT2D eigenvalue weighted by Gasteiger charge is -2.12. The van der Waals surface area contributed by atoms with E-state index in [9.17, 15) is 4.79 Å². The van der Waals surface area contributed by atoms with Gasteiger partial charge in [0.2, 0.25) is 5.91 Å². The number of para-hydroxylation sites is 2. The molecule has 0 saturated carbocycles. The SMILES string of the molecule is CCCNC(=O)C(C)Sc1nc2ccccc2nc1C. The van der Waals surface area contributed by atoms with E-state index < -0.39 is 0 Å². The van der Waals surface area contributed by atoms with Crippen molar-refractivity contribution in [2.45, 2.75) is 37.5 Å². The van der Waals surface area contributed by atoms with Gasteiger partial charge in [0.05, 0.1) is 22.0 Å². The van der Waals surface area contributed by atoms with E-state index in [-0.39, 0.29) is 11.2 Å². The minimum Gasteiger partial charge on any atom is -0.355 e. The van der Waals surface area contributed by atoms with Crippen LogP contribution in [0.25, 0.3) is 11.0 Å². The maximum absolute atomic E-state index is 11.9. The summed E-state index contributed by atoms with van der Waals surface area (Å²) in [6.45, 7) is 6.58. The summed E-state index contributed by atoms with van der Waals surface area (Å²) in [7, 11) is 0. The highest BCUT2D eigenvalue weighted by molar-refractivity contribution is 8.00. The van der Waals surface area contributed by atoms with Gasteiger partial charge in [-0.3, -0.25) is 4.79 Å². The number of nitrogens with one attached hydrogen (secondary N) is 1. The van der Waals surface area contributed by atoms with Crippen LogP contribution in [0.5, 0.6) is 0 Å². The highest BCUT2D eigenvalue weighted by Gasteiger charge is 2.16. The first-order valence-corrected chi connectivity index (χ1v) is 7.67. The number of carbonyl (C=O) groups excluding carboxylic acids is 1. The van der Waals surface area contributed by atoms with Crippen molar-refractivity contribution >= 4 is 28.7 Å². The minimum atomic E-state index is -0.171. The molecule has 5 heteroatoms. The van der Waals surface area contributed by atoms with Gasteiger partial charge in [0, 0.05) is 6.54 Å². The predicted molar refractivity (Wildman–Crippen MR) is 82.9 cm³/mol. The Labute approximate surface area is 123 Å². The number of aryl methyl sites for hydroxylation is 1. The Morgan fingerprint density at radius 3 is 2.60 bits per heavy atom. The van der Waals surface area contributed by atoms with E-state index in [2.05, 4.69) is 15.3 Å². The van der Waals surface area contributed by atoms with Gasteiger partial charge in [0.1, 0.15) is 5.03 Å². The fraction of sp³-hybridized carbons (Fsp3) is 0.400. The van der Waals surface area contributed by atoms with Gasteiger partial charge < -0.3 is 5.32 Å². The number of nitrogens with zero attached hydrogens (tertiary/aromatic N) is 2. The molecule has 106 valence electrons. The molecule has 0 bridgehead atoms. The summed E-state index contributed by atoms with van der Waals surface area (Å²) in [5.41, 5.74) is 2.61. The number of fused-ring (bicyclic) bond motifs is 1. The van der Waals surface area contributed by atoms with Gasteiger partial charge in [-0.2, -0.15) is 0 Å². The van der Waals surface area contributed by atoms with Gasteiger partial charge in [-0.05, 0) is 32.4 Å². The molecule has 0 saturated heterocycles. The molecule has 1 amide bonds. The smallest absolute Gasteiger partial charge is 0.233 e. The standard InChI is InChI=1S/C15H19N3OS/c1-4-9-16-14(19)11(3)20-15-10(2)17-12-7-5-6-8-13(12)18-15/h5-8,11H,4,9H2,1-3H3,(H,16,19). The number of carbonyl (C=O) groups is 1. The van der Waals surface area contributed by atoms with E-state index in [1.165, 1.54) is 11.8 Å². The summed E-state index contributed by atoms with van der Waals surface area (Å²) in [5, 5.41) is 3.55. The number of thioether (sulfide) groups is 1. The van der Waals surface area contributed by atoms with E-state index >= 15 is 0 Å². The number of amides is 1. The maximum Gasteiger partial charge on any atom is 0.233 e. The molecule has 0 radical (unpaired) electrons. The van der Waals surface area contributed by atoms with Crippen molar-refractivity contribution in [3.63, 3.8) is 0 Å². The quantitative estimate of drug-likeness (QED) is 0.860. The van der Waals surface area contributed by atoms with Gasteiger partial charge in [0.25, 0.3) is 0 Å². The first kappa shape index (κ1) is 14.8. The number of hydrogen-bond donors (Lipinski definition) is 1. The highest BCUT2D eigenvalue weighted by atomic mass is 32.2. The molecule has 1 heterocycles. The second kappa shape index (κ2) is 6.70. The molecule has 20 heavy (non-hydrogen) atoms. The average molecular weight is 289 g/mol. The normalized spacial score (nSPS) is 12.3. The van der Waals surface area contributed by atoms with E-state index in [0.717, 1.165) is 28.2 Å². The zero-order valence-corrected chi connectivity index (χ0v) is 12.8. The molecule has 1 N–H and O–H groups in total. The van der Waals surface area contributed by atoms with Gasteiger partial charge in [0.15, 0.2) is 0 Å². The molecule has 4 nitrogen and oxygen atoms in total. The van der Waals surface area contributed by atoms with Crippen LogP contribution in [0, 0.1) is 6.92 Å². The largest absolute Gasteiger partial charge is 0.355 e. The molecule has 1 aromatic heterocycles. The van der Waals surface area contributed by atoms with Crippen LogP contribution in [0.15, 0.2) is 29.3 Å². The Bertz CT molecular complexity index is 615. The lowest BCUT2D eigenvalue weighted by Crippen LogP contribution is -2.31. The first-order valence-electron chi connectivity index (χ1n) is 6.79. The number of aromatic nitrogens is 2. The zero-order valence-electron chi connectivity index (χ0n) is 12.0. The van der Waals surface area contributed by atoms with E-state index in [4.69, 9.17) is 0 Å². The Morgan fingerprint density at radius 2 is 1.95 bits per heavy atom. The van der Waals surface area contributed by atoms with Crippen molar-refractivity contribution < 1.29 is 4.79 Å². The van der Waals surface area contributed by atoms with Gasteiger partial charge >= 0.3 is 0 Å². The summed E-state index contributed by atoms with van der Waals surface area (Å²) in [5.74, 6) is 0.0474. The lowest BCUT2D eigenvalue weighted by molar-refractivity contribution is -0.120. The Balaban J connectivity index is 2.16. The average Bonchev–Trinajstić information content (AvgIpc) is 2.45. The maximum atomic E-state index is 11.9. The summed E-state index contributed by atoms with van der Waals surface area (Å²) < 4.78 is 0. The van der Waals surface area contributed by atoms with Crippen molar-refractivity contribution in [1.29, 1.82) is 0 Å². The third-order valence-corrected chi connectivity index (χ3v) is 4.09. The topological polar surface area (TPSA) is 54.9 Å². The Morgan fingerprint density at radius 1 is 1.30 bits per heavy atom. The van der Waals surface area contributed by atoms with Crippen molar-refractivity contribution in [3.8, 4) is 0 Å². The van der Waals surface area contributed by atoms with E-state index in [1.807, 2.05) is 45.0 Å².